The quantitative estimate of drug-likeness (QED) is 0.742. The van der Waals surface area contributed by atoms with E-state index >= 15 is 0 Å². The summed E-state index contributed by atoms with van der Waals surface area (Å²) in [6.45, 7) is 6.98. The van der Waals surface area contributed by atoms with E-state index in [1.807, 2.05) is 6.92 Å². The number of carbonyl (C=O) groups is 1. The molecule has 0 aromatic rings. The van der Waals surface area contributed by atoms with Gasteiger partial charge in [0.25, 0.3) is 0 Å². The first-order valence-corrected chi connectivity index (χ1v) is 5.56. The molecule has 0 radical (unpaired) electrons. The zero-order valence-corrected chi connectivity index (χ0v) is 9.38. The van der Waals surface area contributed by atoms with E-state index in [0.717, 1.165) is 12.8 Å². The van der Waals surface area contributed by atoms with Crippen LogP contribution in [0.15, 0.2) is 0 Å². The Labute approximate surface area is 86.2 Å². The number of amides is 1. The molecule has 2 unspecified atom stereocenters. The van der Waals surface area contributed by atoms with Crippen molar-refractivity contribution in [3.05, 3.63) is 0 Å². The molecule has 0 bridgehead atoms. The van der Waals surface area contributed by atoms with Gasteiger partial charge in [0.1, 0.15) is 6.10 Å². The van der Waals surface area contributed by atoms with Gasteiger partial charge in [0.15, 0.2) is 0 Å². The predicted molar refractivity (Wildman–Crippen MR) is 56.1 cm³/mol. The molecule has 3 heteroatoms. The van der Waals surface area contributed by atoms with Gasteiger partial charge in [0.2, 0.25) is 0 Å². The highest BCUT2D eigenvalue weighted by Gasteiger charge is 2.26. The SMILES string of the molecule is CCNC(=O)OC1CC(C)CC(C)C1. The van der Waals surface area contributed by atoms with Crippen LogP contribution < -0.4 is 5.32 Å². The molecule has 3 nitrogen and oxygen atoms in total. The van der Waals surface area contributed by atoms with Crippen molar-refractivity contribution in [2.24, 2.45) is 11.8 Å². The fraction of sp³-hybridized carbons (Fsp3) is 0.909. The molecule has 0 saturated heterocycles. The molecular formula is C11H21NO2. The minimum atomic E-state index is -0.265. The number of rotatable bonds is 2. The molecule has 1 aliphatic carbocycles. The molecule has 1 amide bonds. The van der Waals surface area contributed by atoms with Crippen molar-refractivity contribution in [2.45, 2.75) is 46.1 Å². The van der Waals surface area contributed by atoms with Crippen LogP contribution in [0.1, 0.15) is 40.0 Å². The predicted octanol–water partition coefficient (Wildman–Crippen LogP) is 2.56. The average Bonchev–Trinajstić information content (AvgIpc) is 2.01. The number of hydrogen-bond donors (Lipinski definition) is 1. The van der Waals surface area contributed by atoms with Crippen molar-refractivity contribution >= 4 is 6.09 Å². The highest BCUT2D eigenvalue weighted by molar-refractivity contribution is 5.67. The fourth-order valence-electron chi connectivity index (χ4n) is 2.31. The monoisotopic (exact) mass is 199 g/mol. The first-order chi connectivity index (χ1) is 6.61. The average molecular weight is 199 g/mol. The fourth-order valence-corrected chi connectivity index (χ4v) is 2.31. The van der Waals surface area contributed by atoms with Crippen LogP contribution in [0.5, 0.6) is 0 Å². The van der Waals surface area contributed by atoms with Gasteiger partial charge in [-0.15, -0.1) is 0 Å². The van der Waals surface area contributed by atoms with Crippen molar-refractivity contribution in [3.8, 4) is 0 Å². The number of carbonyl (C=O) groups excluding carboxylic acids is 1. The normalized spacial score (nSPS) is 32.4. The number of nitrogens with one attached hydrogen (secondary N) is 1. The van der Waals surface area contributed by atoms with Gasteiger partial charge in [-0.05, 0) is 38.0 Å². The second-order valence-electron chi connectivity index (χ2n) is 4.48. The lowest BCUT2D eigenvalue weighted by atomic mass is 9.82. The first kappa shape index (κ1) is 11.3. The van der Waals surface area contributed by atoms with E-state index in [2.05, 4.69) is 19.2 Å². The van der Waals surface area contributed by atoms with Gasteiger partial charge in [-0.25, -0.2) is 4.79 Å². The Bertz CT molecular complexity index is 184. The number of hydrogen-bond acceptors (Lipinski definition) is 2. The van der Waals surface area contributed by atoms with Gasteiger partial charge in [0, 0.05) is 6.54 Å². The van der Waals surface area contributed by atoms with E-state index in [4.69, 9.17) is 4.74 Å². The van der Waals surface area contributed by atoms with Gasteiger partial charge in [-0.1, -0.05) is 13.8 Å². The summed E-state index contributed by atoms with van der Waals surface area (Å²) in [7, 11) is 0. The largest absolute Gasteiger partial charge is 0.446 e. The Morgan fingerprint density at radius 3 is 2.36 bits per heavy atom. The Hall–Kier alpha value is -0.730. The molecule has 1 saturated carbocycles. The zero-order valence-electron chi connectivity index (χ0n) is 9.38. The van der Waals surface area contributed by atoms with Crippen molar-refractivity contribution < 1.29 is 9.53 Å². The second kappa shape index (κ2) is 5.23. The molecule has 0 aliphatic heterocycles. The smallest absolute Gasteiger partial charge is 0.407 e. The zero-order chi connectivity index (χ0) is 10.6. The lowest BCUT2D eigenvalue weighted by Crippen LogP contribution is -2.33. The molecule has 1 N–H and O–H groups in total. The summed E-state index contributed by atoms with van der Waals surface area (Å²) in [5, 5.41) is 2.66. The van der Waals surface area contributed by atoms with Crippen molar-refractivity contribution in [2.75, 3.05) is 6.54 Å². The van der Waals surface area contributed by atoms with Crippen molar-refractivity contribution in [1.29, 1.82) is 0 Å². The van der Waals surface area contributed by atoms with Gasteiger partial charge in [0.05, 0.1) is 0 Å². The topological polar surface area (TPSA) is 38.3 Å². The molecule has 2 atom stereocenters. The van der Waals surface area contributed by atoms with E-state index in [0.29, 0.717) is 18.4 Å². The summed E-state index contributed by atoms with van der Waals surface area (Å²) >= 11 is 0. The van der Waals surface area contributed by atoms with Gasteiger partial charge in [-0.3, -0.25) is 0 Å². The maximum atomic E-state index is 11.2. The van der Waals surface area contributed by atoms with Crippen LogP contribution in [0.3, 0.4) is 0 Å². The minimum absolute atomic E-state index is 0.125. The first-order valence-electron chi connectivity index (χ1n) is 5.56. The summed E-state index contributed by atoms with van der Waals surface area (Å²) in [6, 6.07) is 0. The molecular weight excluding hydrogens is 178 g/mol. The minimum Gasteiger partial charge on any atom is -0.446 e. The van der Waals surface area contributed by atoms with E-state index in [1.54, 1.807) is 0 Å². The highest BCUT2D eigenvalue weighted by atomic mass is 16.6. The molecule has 1 rings (SSSR count). The van der Waals surface area contributed by atoms with Gasteiger partial charge < -0.3 is 10.1 Å². The van der Waals surface area contributed by atoms with E-state index in [-0.39, 0.29) is 12.2 Å². The summed E-state index contributed by atoms with van der Waals surface area (Å²) in [5.41, 5.74) is 0. The molecule has 0 heterocycles. The maximum Gasteiger partial charge on any atom is 0.407 e. The molecule has 1 aliphatic rings. The van der Waals surface area contributed by atoms with Crippen LogP contribution in [0.25, 0.3) is 0 Å². The highest BCUT2D eigenvalue weighted by Crippen LogP contribution is 2.30. The van der Waals surface area contributed by atoms with E-state index in [9.17, 15) is 4.79 Å². The van der Waals surface area contributed by atoms with Crippen LogP contribution in [-0.2, 0) is 4.74 Å². The number of alkyl carbamates (subject to hydrolysis) is 1. The summed E-state index contributed by atoms with van der Waals surface area (Å²) in [5.74, 6) is 1.36. The molecule has 82 valence electrons. The number of ether oxygens (including phenoxy) is 1. The summed E-state index contributed by atoms with van der Waals surface area (Å²) in [6.07, 6.45) is 3.15. The standard InChI is InChI=1S/C11H21NO2/c1-4-12-11(13)14-10-6-8(2)5-9(3)7-10/h8-10H,4-7H2,1-3H3,(H,12,13). The second-order valence-corrected chi connectivity index (χ2v) is 4.48. The van der Waals surface area contributed by atoms with Gasteiger partial charge >= 0.3 is 6.09 Å². The Kier molecular flexibility index (Phi) is 4.23. The Balaban J connectivity index is 2.33. The van der Waals surface area contributed by atoms with Crippen molar-refractivity contribution in [1.82, 2.24) is 5.32 Å². The van der Waals surface area contributed by atoms with Crippen LogP contribution in [0, 0.1) is 11.8 Å². The summed E-state index contributed by atoms with van der Waals surface area (Å²) in [4.78, 5) is 11.2. The summed E-state index contributed by atoms with van der Waals surface area (Å²) < 4.78 is 5.32. The third-order valence-electron chi connectivity index (χ3n) is 2.73. The van der Waals surface area contributed by atoms with Crippen LogP contribution >= 0.6 is 0 Å². The van der Waals surface area contributed by atoms with Gasteiger partial charge in [-0.2, -0.15) is 0 Å². The molecule has 14 heavy (non-hydrogen) atoms. The van der Waals surface area contributed by atoms with Crippen molar-refractivity contribution in [3.63, 3.8) is 0 Å². The molecule has 0 aromatic heterocycles. The Morgan fingerprint density at radius 1 is 1.29 bits per heavy atom. The Morgan fingerprint density at radius 2 is 1.86 bits per heavy atom. The third kappa shape index (κ3) is 3.56. The molecule has 0 spiro atoms. The van der Waals surface area contributed by atoms with E-state index < -0.39 is 0 Å². The lowest BCUT2D eigenvalue weighted by molar-refractivity contribution is 0.0471. The lowest BCUT2D eigenvalue weighted by Gasteiger charge is -2.30. The maximum absolute atomic E-state index is 11.2. The van der Waals surface area contributed by atoms with Crippen LogP contribution in [0.2, 0.25) is 0 Å². The van der Waals surface area contributed by atoms with Crippen LogP contribution in [0.4, 0.5) is 4.79 Å². The van der Waals surface area contributed by atoms with E-state index in [1.165, 1.54) is 6.42 Å². The molecule has 0 aromatic carbocycles. The third-order valence-corrected chi connectivity index (χ3v) is 2.73. The van der Waals surface area contributed by atoms with Crippen LogP contribution in [-0.4, -0.2) is 18.7 Å². The molecule has 1 fully saturated rings.